The topological polar surface area (TPSA) is 45.2 Å². The predicted molar refractivity (Wildman–Crippen MR) is 133 cm³/mol. The first-order chi connectivity index (χ1) is 15.6. The van der Waals surface area contributed by atoms with Gasteiger partial charge in [-0.15, -0.1) is 0 Å². The molecule has 0 bridgehead atoms. The molecule has 5 heteroatoms. The van der Waals surface area contributed by atoms with E-state index in [1.165, 1.54) is 27.9 Å². The number of benzene rings is 1. The molecule has 3 heterocycles. The van der Waals surface area contributed by atoms with Crippen LogP contribution in [-0.4, -0.2) is 42.0 Å². The Morgan fingerprint density at radius 3 is 2.62 bits per heavy atom. The molecule has 1 N–H and O–H groups in total. The highest BCUT2D eigenvalue weighted by Gasteiger charge is 2.34. The highest BCUT2D eigenvalue weighted by molar-refractivity contribution is 9.10. The molecule has 1 unspecified atom stereocenters. The lowest BCUT2D eigenvalue weighted by Gasteiger charge is -2.37. The minimum Gasteiger partial charge on any atom is -0.343 e. The quantitative estimate of drug-likeness (QED) is 0.622. The molecule has 5 rings (SSSR count). The summed E-state index contributed by atoms with van der Waals surface area (Å²) >= 11 is 3.60. The molecule has 1 aromatic heterocycles. The Morgan fingerprint density at radius 2 is 1.84 bits per heavy atom. The Balaban J connectivity index is 1.36. The summed E-state index contributed by atoms with van der Waals surface area (Å²) in [6.07, 6.45) is 11.4. The van der Waals surface area contributed by atoms with Gasteiger partial charge in [0, 0.05) is 36.1 Å². The van der Waals surface area contributed by atoms with E-state index in [9.17, 15) is 4.79 Å². The Hall–Kier alpha value is -1.98. The number of hydrogen-bond donors (Lipinski definition) is 1. The van der Waals surface area contributed by atoms with E-state index in [1.807, 2.05) is 6.20 Å². The van der Waals surface area contributed by atoms with Gasteiger partial charge in [0.15, 0.2) is 0 Å². The number of carbonyl (C=O) groups is 1. The Kier molecular flexibility index (Phi) is 6.47. The molecule has 1 aliphatic carbocycles. The van der Waals surface area contributed by atoms with Crippen LogP contribution in [0.2, 0.25) is 0 Å². The van der Waals surface area contributed by atoms with Crippen LogP contribution in [0.15, 0.2) is 34.9 Å². The number of nitrogens with zero attached hydrogens (tertiary/aromatic N) is 2. The van der Waals surface area contributed by atoms with Crippen LogP contribution in [0, 0.1) is 18.8 Å². The lowest BCUT2D eigenvalue weighted by Crippen LogP contribution is -2.41. The molecule has 0 spiro atoms. The van der Waals surface area contributed by atoms with Crippen molar-refractivity contribution in [3.63, 3.8) is 0 Å². The third-order valence-corrected chi connectivity index (χ3v) is 7.95. The number of aryl methyl sites for hydroxylation is 1. The molecule has 2 aliphatic heterocycles. The summed E-state index contributed by atoms with van der Waals surface area (Å²) in [5.74, 6) is 1.67. The van der Waals surface area contributed by atoms with Gasteiger partial charge >= 0.3 is 0 Å². The third kappa shape index (κ3) is 4.55. The van der Waals surface area contributed by atoms with Crippen molar-refractivity contribution in [1.82, 2.24) is 15.2 Å². The summed E-state index contributed by atoms with van der Waals surface area (Å²) in [4.78, 5) is 20.0. The van der Waals surface area contributed by atoms with Crippen molar-refractivity contribution in [3.8, 4) is 0 Å². The van der Waals surface area contributed by atoms with Crippen molar-refractivity contribution >= 4 is 34.0 Å². The van der Waals surface area contributed by atoms with Crippen LogP contribution in [-0.2, 0) is 4.79 Å². The summed E-state index contributed by atoms with van der Waals surface area (Å²) in [5, 5.41) is 3.40. The number of pyridine rings is 1. The minimum absolute atomic E-state index is 0.269. The third-order valence-electron chi connectivity index (χ3n) is 7.52. The van der Waals surface area contributed by atoms with Gasteiger partial charge in [-0.3, -0.25) is 9.78 Å². The van der Waals surface area contributed by atoms with Gasteiger partial charge < -0.3 is 10.2 Å². The first kappa shape index (κ1) is 21.8. The van der Waals surface area contributed by atoms with Crippen molar-refractivity contribution in [3.05, 3.63) is 62.9 Å². The highest BCUT2D eigenvalue weighted by Crippen LogP contribution is 2.43. The first-order valence-corrected chi connectivity index (χ1v) is 12.8. The fourth-order valence-electron chi connectivity index (χ4n) is 5.73. The van der Waals surface area contributed by atoms with Gasteiger partial charge in [-0.05, 0) is 96.2 Å². The molecule has 2 fully saturated rings. The summed E-state index contributed by atoms with van der Waals surface area (Å²) in [6, 6.07) is 8.99. The van der Waals surface area contributed by atoms with E-state index >= 15 is 0 Å². The summed E-state index contributed by atoms with van der Waals surface area (Å²) < 4.78 is 1.01. The van der Waals surface area contributed by atoms with E-state index in [2.05, 4.69) is 69.5 Å². The van der Waals surface area contributed by atoms with E-state index in [-0.39, 0.29) is 5.92 Å². The molecular formula is C27H32BrN3O. The number of rotatable bonds is 3. The second-order valence-corrected chi connectivity index (χ2v) is 10.6. The van der Waals surface area contributed by atoms with Crippen LogP contribution >= 0.6 is 15.9 Å². The van der Waals surface area contributed by atoms with Crippen molar-refractivity contribution in [2.24, 2.45) is 11.8 Å². The van der Waals surface area contributed by atoms with Crippen LogP contribution in [0.4, 0.5) is 0 Å². The minimum atomic E-state index is 0.269. The van der Waals surface area contributed by atoms with Gasteiger partial charge in [-0.1, -0.05) is 35.9 Å². The molecule has 1 atom stereocenters. The zero-order chi connectivity index (χ0) is 22.1. The zero-order valence-electron chi connectivity index (χ0n) is 18.8. The number of nitrogens with one attached hydrogen (secondary N) is 1. The molecule has 3 aliphatic rings. The molecule has 0 radical (unpaired) electrons. The average molecular weight is 494 g/mol. The fourth-order valence-corrected chi connectivity index (χ4v) is 6.08. The van der Waals surface area contributed by atoms with E-state index in [1.54, 1.807) is 0 Å². The van der Waals surface area contributed by atoms with E-state index in [4.69, 9.17) is 4.98 Å². The predicted octanol–water partition coefficient (Wildman–Crippen LogP) is 5.40. The van der Waals surface area contributed by atoms with E-state index in [0.717, 1.165) is 62.8 Å². The van der Waals surface area contributed by atoms with Gasteiger partial charge in [0.25, 0.3) is 0 Å². The van der Waals surface area contributed by atoms with Crippen molar-refractivity contribution in [1.29, 1.82) is 0 Å². The van der Waals surface area contributed by atoms with Gasteiger partial charge in [0.05, 0.1) is 5.69 Å². The molecule has 168 valence electrons. The first-order valence-electron chi connectivity index (χ1n) is 12.0. The molecule has 2 aromatic rings. The van der Waals surface area contributed by atoms with Crippen LogP contribution in [0.1, 0.15) is 66.0 Å². The maximum absolute atomic E-state index is 13.0. The number of fused-ring (bicyclic) bond motifs is 2. The number of aromatic nitrogens is 1. The number of amides is 1. The Labute approximate surface area is 199 Å². The maximum Gasteiger partial charge on any atom is 0.222 e. The smallest absolute Gasteiger partial charge is 0.222 e. The summed E-state index contributed by atoms with van der Waals surface area (Å²) in [7, 11) is 0. The van der Waals surface area contributed by atoms with E-state index in [0.29, 0.717) is 17.7 Å². The number of piperidine rings is 2. The molecule has 1 amide bonds. The number of halogens is 1. The van der Waals surface area contributed by atoms with Gasteiger partial charge in [-0.2, -0.15) is 0 Å². The number of hydrogen-bond acceptors (Lipinski definition) is 3. The number of likely N-dealkylation sites (tertiary alicyclic amines) is 1. The van der Waals surface area contributed by atoms with Crippen LogP contribution in [0.5, 0.6) is 0 Å². The monoisotopic (exact) mass is 493 g/mol. The van der Waals surface area contributed by atoms with Crippen LogP contribution < -0.4 is 5.32 Å². The van der Waals surface area contributed by atoms with E-state index < -0.39 is 0 Å². The van der Waals surface area contributed by atoms with Gasteiger partial charge in [-0.25, -0.2) is 0 Å². The highest BCUT2D eigenvalue weighted by atomic mass is 79.9. The average Bonchev–Trinajstić information content (AvgIpc) is 2.96. The zero-order valence-corrected chi connectivity index (χ0v) is 20.4. The SMILES string of the molecule is Cc1ccc2c(c1)C=Cc1cc(Br)cnc1C2C1CCN(C(=O)CC2CCNCC2)CC1. The van der Waals surface area contributed by atoms with Crippen LogP contribution in [0.25, 0.3) is 12.2 Å². The van der Waals surface area contributed by atoms with Gasteiger partial charge in [0.2, 0.25) is 5.91 Å². The summed E-state index contributed by atoms with van der Waals surface area (Å²) in [5.41, 5.74) is 6.33. The van der Waals surface area contributed by atoms with Crippen molar-refractivity contribution in [2.75, 3.05) is 26.2 Å². The number of carbonyl (C=O) groups excluding carboxylic acids is 1. The molecule has 1 aromatic carbocycles. The molecule has 4 nitrogen and oxygen atoms in total. The summed E-state index contributed by atoms with van der Waals surface area (Å²) in [6.45, 7) is 5.99. The standard InChI is InChI=1S/C27H32BrN3O/c1-18-2-5-24-21(14-18)3-4-22-16-23(28)17-30-27(22)26(24)20-8-12-31(13-9-20)25(32)15-19-6-10-29-11-7-19/h2-5,14,16-17,19-20,26,29H,6-13,15H2,1H3. The van der Waals surface area contributed by atoms with Gasteiger partial charge in [0.1, 0.15) is 0 Å². The normalized spacial score (nSPS) is 21.7. The lowest BCUT2D eigenvalue weighted by atomic mass is 9.76. The van der Waals surface area contributed by atoms with Crippen molar-refractivity contribution < 1.29 is 4.79 Å². The molecule has 32 heavy (non-hydrogen) atoms. The lowest BCUT2D eigenvalue weighted by molar-refractivity contribution is -0.133. The Morgan fingerprint density at radius 1 is 1.09 bits per heavy atom. The second-order valence-electron chi connectivity index (χ2n) is 9.69. The second kappa shape index (κ2) is 9.48. The maximum atomic E-state index is 13.0. The largest absolute Gasteiger partial charge is 0.343 e. The van der Waals surface area contributed by atoms with Crippen LogP contribution in [0.3, 0.4) is 0 Å². The Bertz CT molecular complexity index is 964. The molecular weight excluding hydrogens is 462 g/mol. The van der Waals surface area contributed by atoms with Crippen molar-refractivity contribution in [2.45, 2.75) is 44.9 Å². The fraction of sp³-hybridized carbons (Fsp3) is 0.481. The molecule has 2 saturated heterocycles. The molecule has 0 saturated carbocycles.